The Morgan fingerprint density at radius 2 is 1.81 bits per heavy atom. The van der Waals surface area contributed by atoms with Gasteiger partial charge in [0.25, 0.3) is 5.91 Å². The van der Waals surface area contributed by atoms with Crippen molar-refractivity contribution in [2.24, 2.45) is 0 Å². The van der Waals surface area contributed by atoms with Crippen LogP contribution in [-0.2, 0) is 5.75 Å². The van der Waals surface area contributed by atoms with Gasteiger partial charge in [-0.3, -0.25) is 4.79 Å². The van der Waals surface area contributed by atoms with Crippen LogP contribution in [0, 0.1) is 5.82 Å². The number of likely N-dealkylation sites (N-methyl/N-ethyl adjacent to an activating group) is 1. The molecule has 0 unspecified atom stereocenters. The zero-order chi connectivity index (χ0) is 25.5. The Morgan fingerprint density at radius 1 is 1.06 bits per heavy atom. The Balaban J connectivity index is 1.35. The number of aromatic nitrogens is 2. The first-order chi connectivity index (χ1) is 17.4. The van der Waals surface area contributed by atoms with Crippen LogP contribution in [0.5, 0.6) is 0 Å². The number of hydrogen-bond donors (Lipinski definition) is 1. The fraction of sp³-hybridized carbons (Fsp3) is 0.346. The minimum absolute atomic E-state index is 0.0838. The summed E-state index contributed by atoms with van der Waals surface area (Å²) in [6, 6.07) is 16.2. The highest BCUT2D eigenvalue weighted by Crippen LogP contribution is 2.27. The third-order valence-corrected chi connectivity index (χ3v) is 6.97. The number of carbonyl (C=O) groups is 1. The summed E-state index contributed by atoms with van der Waals surface area (Å²) < 4.78 is 14.2. The summed E-state index contributed by atoms with van der Waals surface area (Å²) >= 11 is 7.80. The number of thioether (sulfide) groups is 1. The van der Waals surface area contributed by atoms with Crippen molar-refractivity contribution in [3.05, 3.63) is 76.7 Å². The van der Waals surface area contributed by atoms with Crippen molar-refractivity contribution in [2.75, 3.05) is 63.2 Å². The van der Waals surface area contributed by atoms with Crippen LogP contribution in [0.2, 0.25) is 5.15 Å². The minimum Gasteiger partial charge on any atom is -0.366 e. The lowest BCUT2D eigenvalue weighted by atomic mass is 10.1. The summed E-state index contributed by atoms with van der Waals surface area (Å²) in [5.41, 5.74) is 2.26. The van der Waals surface area contributed by atoms with E-state index in [2.05, 4.69) is 15.2 Å². The van der Waals surface area contributed by atoms with Gasteiger partial charge >= 0.3 is 0 Å². The van der Waals surface area contributed by atoms with E-state index in [0.29, 0.717) is 60.0 Å². The predicted octanol–water partition coefficient (Wildman–Crippen LogP) is 4.18. The van der Waals surface area contributed by atoms with Crippen LogP contribution in [0.1, 0.15) is 15.9 Å². The summed E-state index contributed by atoms with van der Waals surface area (Å²) in [5, 5.41) is 3.90. The molecular weight excluding hydrogens is 499 g/mol. The highest BCUT2D eigenvalue weighted by atomic mass is 35.5. The number of amides is 1. The molecule has 36 heavy (non-hydrogen) atoms. The van der Waals surface area contributed by atoms with Gasteiger partial charge in [0.05, 0.1) is 5.69 Å². The highest BCUT2D eigenvalue weighted by molar-refractivity contribution is 7.98. The number of halogens is 2. The van der Waals surface area contributed by atoms with Crippen molar-refractivity contribution in [1.29, 1.82) is 0 Å². The third-order valence-electron chi connectivity index (χ3n) is 5.86. The number of carbonyl (C=O) groups excluding carboxylic acids is 1. The maximum atomic E-state index is 14.2. The molecule has 0 spiro atoms. The molecule has 0 saturated carbocycles. The van der Waals surface area contributed by atoms with Gasteiger partial charge in [0.15, 0.2) is 5.16 Å². The summed E-state index contributed by atoms with van der Waals surface area (Å²) in [6.07, 6.45) is 0. The van der Waals surface area contributed by atoms with Gasteiger partial charge in [-0.2, -0.15) is 0 Å². The van der Waals surface area contributed by atoms with Crippen molar-refractivity contribution in [3.8, 4) is 0 Å². The molecule has 1 aliphatic heterocycles. The molecule has 2 heterocycles. The van der Waals surface area contributed by atoms with Crippen molar-refractivity contribution in [3.63, 3.8) is 0 Å². The smallest absolute Gasteiger partial charge is 0.251 e. The predicted molar refractivity (Wildman–Crippen MR) is 145 cm³/mol. The first kappa shape index (κ1) is 26.2. The van der Waals surface area contributed by atoms with Gasteiger partial charge in [-0.25, -0.2) is 14.4 Å². The summed E-state index contributed by atoms with van der Waals surface area (Å²) in [5.74, 6) is 1.09. The fourth-order valence-electron chi connectivity index (χ4n) is 3.94. The van der Waals surface area contributed by atoms with E-state index in [1.807, 2.05) is 60.3 Å². The monoisotopic (exact) mass is 528 g/mol. The van der Waals surface area contributed by atoms with Crippen molar-refractivity contribution < 1.29 is 9.18 Å². The van der Waals surface area contributed by atoms with E-state index in [1.165, 1.54) is 17.8 Å². The number of rotatable bonds is 9. The second-order valence-corrected chi connectivity index (χ2v) is 10.1. The Morgan fingerprint density at radius 3 is 2.56 bits per heavy atom. The van der Waals surface area contributed by atoms with E-state index >= 15 is 0 Å². The largest absolute Gasteiger partial charge is 0.366 e. The van der Waals surface area contributed by atoms with Crippen molar-refractivity contribution >= 4 is 40.8 Å². The molecule has 2 aromatic carbocycles. The fourth-order valence-corrected chi connectivity index (χ4v) is 4.97. The molecule has 1 aromatic heterocycles. The molecule has 10 heteroatoms. The van der Waals surface area contributed by atoms with Crippen LogP contribution in [0.25, 0.3) is 0 Å². The Kier molecular flexibility index (Phi) is 9.01. The van der Waals surface area contributed by atoms with Gasteiger partial charge in [0.2, 0.25) is 0 Å². The average molecular weight is 529 g/mol. The molecule has 1 saturated heterocycles. The SMILES string of the molecule is CN(C)CCNC(=O)c1cccc(CSc2nc(Cl)cc(N3CCN(c4ccccc4F)CC3)n2)c1. The zero-order valence-corrected chi connectivity index (χ0v) is 22.0. The maximum Gasteiger partial charge on any atom is 0.251 e. The Bertz CT molecular complexity index is 1190. The van der Waals surface area contributed by atoms with E-state index in [-0.39, 0.29) is 11.7 Å². The summed E-state index contributed by atoms with van der Waals surface area (Å²) in [7, 11) is 3.94. The molecule has 0 atom stereocenters. The van der Waals surface area contributed by atoms with E-state index in [4.69, 9.17) is 16.6 Å². The molecule has 1 aliphatic rings. The quantitative estimate of drug-likeness (QED) is 0.254. The molecule has 0 radical (unpaired) electrons. The number of nitrogens with zero attached hydrogens (tertiary/aromatic N) is 5. The first-order valence-corrected chi connectivity index (χ1v) is 13.2. The van der Waals surface area contributed by atoms with Crippen LogP contribution >= 0.6 is 23.4 Å². The second kappa shape index (κ2) is 12.4. The third kappa shape index (κ3) is 7.09. The van der Waals surface area contributed by atoms with Gasteiger partial charge in [-0.1, -0.05) is 47.6 Å². The van der Waals surface area contributed by atoms with Crippen LogP contribution < -0.4 is 15.1 Å². The molecule has 7 nitrogen and oxygen atoms in total. The normalized spacial score (nSPS) is 13.8. The van der Waals surface area contributed by atoms with Gasteiger partial charge in [0, 0.05) is 56.7 Å². The zero-order valence-electron chi connectivity index (χ0n) is 20.5. The summed E-state index contributed by atoms with van der Waals surface area (Å²) in [4.78, 5) is 27.8. The number of piperazine rings is 1. The van der Waals surface area contributed by atoms with Crippen LogP contribution in [-0.4, -0.2) is 74.1 Å². The summed E-state index contributed by atoms with van der Waals surface area (Å²) in [6.45, 7) is 4.17. The lowest BCUT2D eigenvalue weighted by Gasteiger charge is -2.36. The molecule has 3 aromatic rings. The maximum absolute atomic E-state index is 14.2. The minimum atomic E-state index is -0.204. The topological polar surface area (TPSA) is 64.6 Å². The van der Waals surface area contributed by atoms with Crippen LogP contribution in [0.3, 0.4) is 0 Å². The van der Waals surface area contributed by atoms with E-state index in [9.17, 15) is 9.18 Å². The van der Waals surface area contributed by atoms with Gasteiger partial charge in [-0.05, 0) is 43.9 Å². The van der Waals surface area contributed by atoms with Gasteiger partial charge < -0.3 is 20.0 Å². The molecule has 4 rings (SSSR count). The number of benzene rings is 2. The highest BCUT2D eigenvalue weighted by Gasteiger charge is 2.21. The molecule has 0 aliphatic carbocycles. The number of anilines is 2. The van der Waals surface area contributed by atoms with E-state index < -0.39 is 0 Å². The van der Waals surface area contributed by atoms with Crippen molar-refractivity contribution in [2.45, 2.75) is 10.9 Å². The average Bonchev–Trinajstić information content (AvgIpc) is 2.87. The Labute approximate surface area is 220 Å². The Hall–Kier alpha value is -2.88. The molecule has 0 bridgehead atoms. The molecule has 1 amide bonds. The van der Waals surface area contributed by atoms with Gasteiger partial charge in [0.1, 0.15) is 16.8 Å². The van der Waals surface area contributed by atoms with Crippen molar-refractivity contribution in [1.82, 2.24) is 20.2 Å². The molecule has 1 fully saturated rings. The van der Waals surface area contributed by atoms with E-state index in [1.54, 1.807) is 12.1 Å². The first-order valence-electron chi connectivity index (χ1n) is 11.8. The standard InChI is InChI=1S/C26H30ClFN6OS/c1-32(2)11-10-29-25(35)20-7-5-6-19(16-20)18-36-26-30-23(27)17-24(31-26)34-14-12-33(13-15-34)22-9-4-3-8-21(22)28/h3-9,16-17H,10-15,18H2,1-2H3,(H,29,35). The van der Waals surface area contributed by atoms with Crippen LogP contribution in [0.15, 0.2) is 59.8 Å². The number of nitrogens with one attached hydrogen (secondary N) is 1. The van der Waals surface area contributed by atoms with E-state index in [0.717, 1.165) is 17.9 Å². The lowest BCUT2D eigenvalue weighted by molar-refractivity contribution is 0.0951. The second-order valence-electron chi connectivity index (χ2n) is 8.81. The lowest BCUT2D eigenvalue weighted by Crippen LogP contribution is -2.47. The van der Waals surface area contributed by atoms with Crippen LogP contribution in [0.4, 0.5) is 15.9 Å². The molecule has 190 valence electrons. The number of hydrogen-bond acceptors (Lipinski definition) is 7. The molecular formula is C26H30ClFN6OS. The van der Waals surface area contributed by atoms with Gasteiger partial charge in [-0.15, -0.1) is 0 Å². The molecule has 1 N–H and O–H groups in total. The number of para-hydroxylation sites is 1.